The van der Waals surface area contributed by atoms with Crippen LogP contribution in [0.2, 0.25) is 0 Å². The minimum atomic E-state index is -1.00. The molecule has 10 nitrogen and oxygen atoms in total. The molecule has 7 rings (SSSR count). The Morgan fingerprint density at radius 2 is 2.11 bits per heavy atom. The SMILES string of the molecule is Cn1cc(-c2[nH]c3ncc4c5c3c2-c2cccc(c2)COC(C(=O)O)[C@@H]2CC[C@H](C2)n5c(=O)n4C)c(F)n1. The van der Waals surface area contributed by atoms with Crippen molar-refractivity contribution >= 4 is 28.0 Å². The van der Waals surface area contributed by atoms with Crippen molar-refractivity contribution in [1.82, 2.24) is 28.9 Å². The molecule has 2 N–H and O–H groups in total. The van der Waals surface area contributed by atoms with E-state index in [1.807, 2.05) is 24.3 Å². The van der Waals surface area contributed by atoms with E-state index in [0.717, 1.165) is 11.1 Å². The van der Waals surface area contributed by atoms with E-state index in [1.165, 1.54) is 4.68 Å². The van der Waals surface area contributed by atoms with E-state index >= 15 is 4.39 Å². The zero-order valence-corrected chi connectivity index (χ0v) is 20.8. The Hall–Kier alpha value is -4.25. The first-order valence-corrected chi connectivity index (χ1v) is 12.6. The van der Waals surface area contributed by atoms with Crippen LogP contribution < -0.4 is 5.69 Å². The molecule has 3 atom stereocenters. The number of halogens is 1. The van der Waals surface area contributed by atoms with Gasteiger partial charge in [-0.2, -0.15) is 4.39 Å². The molecule has 1 unspecified atom stereocenters. The maximum Gasteiger partial charge on any atom is 0.333 e. The third-order valence-electron chi connectivity index (χ3n) is 8.05. The monoisotopic (exact) mass is 516 g/mol. The standard InChI is InChI=1S/C27H25FN6O4/c1-32-11-17(24(28)31-32)21-19-14-5-3-4-13(8-14)12-38-23(26(35)36)15-6-7-16(9-15)34-22-18(33(2)27(34)37)10-29-25(30-21)20(19)22/h3-5,8,10-11,15-16,23H,6-7,9,12H2,1-2H3,(H,29,30)(H,35,36)/t15-,16-,23?/m1/s1. The molecule has 11 heteroatoms. The summed E-state index contributed by atoms with van der Waals surface area (Å²) in [5.74, 6) is -1.85. The van der Waals surface area contributed by atoms with Crippen molar-refractivity contribution in [3.63, 3.8) is 0 Å². The number of imidazole rings is 1. The van der Waals surface area contributed by atoms with Crippen molar-refractivity contribution in [1.29, 1.82) is 0 Å². The summed E-state index contributed by atoms with van der Waals surface area (Å²) in [6.45, 7) is 0.118. The molecule has 4 bridgehead atoms. The number of nitrogens with zero attached hydrogens (tertiary/aromatic N) is 5. The van der Waals surface area contributed by atoms with Crippen LogP contribution in [0.1, 0.15) is 30.9 Å². The van der Waals surface area contributed by atoms with Crippen LogP contribution in [0.4, 0.5) is 4.39 Å². The summed E-state index contributed by atoms with van der Waals surface area (Å²) in [5.41, 5.74) is 4.75. The molecule has 5 aromatic rings. The van der Waals surface area contributed by atoms with Gasteiger partial charge >= 0.3 is 11.7 Å². The Labute approximate surface area is 215 Å². The van der Waals surface area contributed by atoms with Crippen LogP contribution in [-0.4, -0.2) is 46.1 Å². The van der Waals surface area contributed by atoms with Crippen LogP contribution in [0.3, 0.4) is 0 Å². The first-order valence-electron chi connectivity index (χ1n) is 12.6. The number of benzene rings is 1. The highest BCUT2D eigenvalue weighted by Crippen LogP contribution is 2.44. The van der Waals surface area contributed by atoms with Crippen molar-refractivity contribution in [3.05, 3.63) is 58.7 Å². The summed E-state index contributed by atoms with van der Waals surface area (Å²) in [6.07, 6.45) is 4.07. The number of aliphatic carboxylic acids is 1. The predicted octanol–water partition coefficient (Wildman–Crippen LogP) is 3.75. The first kappa shape index (κ1) is 22.9. The molecule has 0 radical (unpaired) electrons. The Bertz CT molecular complexity index is 1830. The fourth-order valence-corrected chi connectivity index (χ4v) is 6.35. The Morgan fingerprint density at radius 1 is 1.26 bits per heavy atom. The number of pyridine rings is 1. The zero-order valence-electron chi connectivity index (χ0n) is 20.8. The number of ether oxygens (including phenoxy) is 1. The van der Waals surface area contributed by atoms with Crippen LogP contribution in [0.15, 0.2) is 41.5 Å². The van der Waals surface area contributed by atoms with Gasteiger partial charge in [0.2, 0.25) is 5.95 Å². The van der Waals surface area contributed by atoms with Gasteiger partial charge in [0.25, 0.3) is 0 Å². The third-order valence-corrected chi connectivity index (χ3v) is 8.05. The number of carboxylic acids is 1. The molecule has 5 heterocycles. The Kier molecular flexibility index (Phi) is 4.90. The topological polar surface area (TPSA) is 120 Å². The second-order valence-electron chi connectivity index (χ2n) is 10.3. The van der Waals surface area contributed by atoms with Crippen molar-refractivity contribution in [2.45, 2.75) is 38.0 Å². The summed E-state index contributed by atoms with van der Waals surface area (Å²) in [4.78, 5) is 33.8. The summed E-state index contributed by atoms with van der Waals surface area (Å²) in [7, 11) is 3.37. The number of aryl methyl sites for hydroxylation is 2. The van der Waals surface area contributed by atoms with Gasteiger partial charge in [-0.05, 0) is 42.4 Å². The number of aromatic amines is 1. The van der Waals surface area contributed by atoms with Crippen LogP contribution in [0.25, 0.3) is 44.5 Å². The van der Waals surface area contributed by atoms with Gasteiger partial charge in [0.15, 0.2) is 6.10 Å². The van der Waals surface area contributed by atoms with Crippen LogP contribution in [0.5, 0.6) is 0 Å². The maximum atomic E-state index is 15.0. The number of carbonyl (C=O) groups is 1. The number of fused-ring (bicyclic) bond motifs is 6. The summed E-state index contributed by atoms with van der Waals surface area (Å²) in [6, 6.07) is 7.36. The van der Waals surface area contributed by atoms with E-state index in [9.17, 15) is 14.7 Å². The van der Waals surface area contributed by atoms with Gasteiger partial charge in [-0.15, -0.1) is 5.10 Å². The first-order chi connectivity index (χ1) is 18.3. The molecule has 1 aliphatic carbocycles. The molecule has 0 amide bonds. The molecule has 38 heavy (non-hydrogen) atoms. The normalized spacial score (nSPS) is 21.1. The van der Waals surface area contributed by atoms with Crippen molar-refractivity contribution in [3.8, 4) is 22.4 Å². The highest BCUT2D eigenvalue weighted by Gasteiger charge is 2.38. The lowest BCUT2D eigenvalue weighted by molar-refractivity contribution is -0.155. The molecule has 0 saturated heterocycles. The van der Waals surface area contributed by atoms with E-state index in [0.29, 0.717) is 52.6 Å². The van der Waals surface area contributed by atoms with E-state index in [2.05, 4.69) is 15.1 Å². The molecule has 1 aliphatic heterocycles. The van der Waals surface area contributed by atoms with Gasteiger partial charge in [0.05, 0.1) is 40.5 Å². The van der Waals surface area contributed by atoms with Crippen molar-refractivity contribution < 1.29 is 19.0 Å². The average molecular weight is 517 g/mol. The molecule has 1 saturated carbocycles. The van der Waals surface area contributed by atoms with Gasteiger partial charge in [0.1, 0.15) is 5.65 Å². The summed E-state index contributed by atoms with van der Waals surface area (Å²) in [5, 5.41) is 14.6. The highest BCUT2D eigenvalue weighted by atomic mass is 19.1. The quantitative estimate of drug-likeness (QED) is 0.369. The van der Waals surface area contributed by atoms with Gasteiger partial charge in [-0.3, -0.25) is 13.8 Å². The number of rotatable bonds is 2. The molecular weight excluding hydrogens is 491 g/mol. The molecule has 4 aromatic heterocycles. The molecular formula is C27H25FN6O4. The molecule has 194 valence electrons. The number of nitrogens with one attached hydrogen (secondary N) is 1. The summed E-state index contributed by atoms with van der Waals surface area (Å²) >= 11 is 0. The van der Waals surface area contributed by atoms with E-state index in [1.54, 1.807) is 35.6 Å². The maximum absolute atomic E-state index is 15.0. The van der Waals surface area contributed by atoms with Crippen LogP contribution >= 0.6 is 0 Å². The lowest BCUT2D eigenvalue weighted by Crippen LogP contribution is -2.32. The fraction of sp³-hybridized carbons (Fsp3) is 0.333. The van der Waals surface area contributed by atoms with Gasteiger partial charge in [-0.1, -0.05) is 18.2 Å². The molecule has 0 spiro atoms. The van der Waals surface area contributed by atoms with Gasteiger partial charge in [0, 0.05) is 31.9 Å². The van der Waals surface area contributed by atoms with Crippen molar-refractivity contribution in [2.24, 2.45) is 20.0 Å². The third kappa shape index (κ3) is 3.21. The number of hydrogen-bond acceptors (Lipinski definition) is 5. The van der Waals surface area contributed by atoms with Crippen LogP contribution in [0, 0.1) is 11.9 Å². The van der Waals surface area contributed by atoms with Gasteiger partial charge < -0.3 is 14.8 Å². The fourth-order valence-electron chi connectivity index (χ4n) is 6.35. The lowest BCUT2D eigenvalue weighted by Gasteiger charge is -2.20. The number of hydrogen-bond donors (Lipinski definition) is 2. The lowest BCUT2D eigenvalue weighted by atomic mass is 9.98. The predicted molar refractivity (Wildman–Crippen MR) is 137 cm³/mol. The number of carboxylic acid groups (broad SMARTS) is 1. The van der Waals surface area contributed by atoms with E-state index in [-0.39, 0.29) is 29.8 Å². The minimum absolute atomic E-state index is 0.118. The smallest absolute Gasteiger partial charge is 0.333 e. The minimum Gasteiger partial charge on any atom is -0.479 e. The Morgan fingerprint density at radius 3 is 2.87 bits per heavy atom. The zero-order chi connectivity index (χ0) is 26.3. The summed E-state index contributed by atoms with van der Waals surface area (Å²) < 4.78 is 25.8. The van der Waals surface area contributed by atoms with Crippen LogP contribution in [-0.2, 0) is 30.2 Å². The molecule has 1 fully saturated rings. The van der Waals surface area contributed by atoms with E-state index < -0.39 is 18.0 Å². The average Bonchev–Trinajstić information content (AvgIpc) is 3.64. The largest absolute Gasteiger partial charge is 0.479 e. The molecule has 1 aromatic carbocycles. The molecule has 2 aliphatic rings. The van der Waals surface area contributed by atoms with Crippen molar-refractivity contribution in [2.75, 3.05) is 0 Å². The Balaban J connectivity index is 1.63. The second-order valence-corrected chi connectivity index (χ2v) is 10.3. The number of aromatic nitrogens is 6. The van der Waals surface area contributed by atoms with E-state index in [4.69, 9.17) is 4.74 Å². The highest BCUT2D eigenvalue weighted by molar-refractivity contribution is 6.14. The number of H-pyrrole nitrogens is 1. The second kappa shape index (κ2) is 8.12. The van der Waals surface area contributed by atoms with Gasteiger partial charge in [-0.25, -0.2) is 14.6 Å².